The van der Waals surface area contributed by atoms with Crippen LogP contribution in [0.25, 0.3) is 11.6 Å². The van der Waals surface area contributed by atoms with E-state index in [1.54, 1.807) is 12.1 Å². The van der Waals surface area contributed by atoms with Crippen molar-refractivity contribution in [1.82, 2.24) is 25.5 Å². The summed E-state index contributed by atoms with van der Waals surface area (Å²) in [7, 11) is 0. The third kappa shape index (κ3) is 3.17. The minimum Gasteiger partial charge on any atom is -0.461 e. The van der Waals surface area contributed by atoms with E-state index < -0.39 is 0 Å². The second-order valence-corrected chi connectivity index (χ2v) is 3.95. The molecule has 0 bridgehead atoms. The Morgan fingerprint density at radius 3 is 3.11 bits per heavy atom. The van der Waals surface area contributed by atoms with Gasteiger partial charge in [0.15, 0.2) is 5.76 Å². The number of furan rings is 1. The van der Waals surface area contributed by atoms with Gasteiger partial charge in [-0.3, -0.25) is 4.79 Å². The number of hydrogen-bond acceptors (Lipinski definition) is 5. The van der Waals surface area contributed by atoms with Crippen LogP contribution in [0.3, 0.4) is 0 Å². The zero-order valence-corrected chi connectivity index (χ0v) is 10.1. The summed E-state index contributed by atoms with van der Waals surface area (Å²) in [5.74, 6) is 0.547. The number of rotatable bonds is 5. The summed E-state index contributed by atoms with van der Waals surface area (Å²) in [4.78, 5) is 12.6. The molecule has 1 N–H and O–H groups in total. The molecule has 2 aromatic heterocycles. The Hall–Kier alpha value is -2.15. The standard InChI is InChI=1S/C10H10ClN5O2/c1-7(11)5-12-9(17)6-16-14-10(13-15-16)8-3-2-4-18-8/h2-4H,1,5-6H2,(H,12,17). The summed E-state index contributed by atoms with van der Waals surface area (Å²) in [6, 6.07) is 3.42. The van der Waals surface area contributed by atoms with Crippen LogP contribution >= 0.6 is 11.6 Å². The third-order valence-corrected chi connectivity index (χ3v) is 2.09. The molecular formula is C10H10ClN5O2. The van der Waals surface area contributed by atoms with E-state index in [0.29, 0.717) is 16.6 Å². The summed E-state index contributed by atoms with van der Waals surface area (Å²) in [5, 5.41) is 14.4. The highest BCUT2D eigenvalue weighted by Gasteiger charge is 2.10. The molecule has 18 heavy (non-hydrogen) atoms. The zero-order valence-electron chi connectivity index (χ0n) is 9.34. The molecule has 0 aliphatic heterocycles. The lowest BCUT2D eigenvalue weighted by Crippen LogP contribution is -2.29. The Kier molecular flexibility index (Phi) is 3.73. The van der Waals surface area contributed by atoms with Gasteiger partial charge in [-0.2, -0.15) is 4.80 Å². The van der Waals surface area contributed by atoms with Gasteiger partial charge in [0.2, 0.25) is 11.7 Å². The van der Waals surface area contributed by atoms with Crippen molar-refractivity contribution in [2.75, 3.05) is 6.54 Å². The first kappa shape index (κ1) is 12.3. The van der Waals surface area contributed by atoms with Gasteiger partial charge in [-0.05, 0) is 17.3 Å². The average molecular weight is 268 g/mol. The van der Waals surface area contributed by atoms with Crippen molar-refractivity contribution in [2.45, 2.75) is 6.54 Å². The van der Waals surface area contributed by atoms with Gasteiger partial charge in [-0.1, -0.05) is 18.2 Å². The molecule has 8 heteroatoms. The van der Waals surface area contributed by atoms with Crippen LogP contribution in [0.1, 0.15) is 0 Å². The summed E-state index contributed by atoms with van der Waals surface area (Å²) >= 11 is 5.52. The first-order valence-corrected chi connectivity index (χ1v) is 5.44. The molecule has 0 saturated heterocycles. The normalized spacial score (nSPS) is 10.3. The van der Waals surface area contributed by atoms with Crippen LogP contribution in [0.2, 0.25) is 0 Å². The highest BCUT2D eigenvalue weighted by molar-refractivity contribution is 6.29. The largest absolute Gasteiger partial charge is 0.461 e. The molecule has 0 unspecified atom stereocenters. The van der Waals surface area contributed by atoms with Crippen LogP contribution in [-0.4, -0.2) is 32.7 Å². The fourth-order valence-electron chi connectivity index (χ4n) is 1.19. The maximum atomic E-state index is 11.4. The minimum atomic E-state index is -0.278. The lowest BCUT2D eigenvalue weighted by Gasteiger charge is -2.01. The van der Waals surface area contributed by atoms with E-state index in [1.165, 1.54) is 11.1 Å². The first-order chi connectivity index (χ1) is 8.65. The number of carbonyl (C=O) groups is 1. The summed E-state index contributed by atoms with van der Waals surface area (Å²) < 4.78 is 5.11. The van der Waals surface area contributed by atoms with Gasteiger partial charge in [0, 0.05) is 5.03 Å². The Labute approximate surface area is 107 Å². The fraction of sp³-hybridized carbons (Fsp3) is 0.200. The molecule has 0 spiro atoms. The molecule has 0 aliphatic carbocycles. The summed E-state index contributed by atoms with van der Waals surface area (Å²) in [6.45, 7) is 3.62. The second kappa shape index (κ2) is 5.46. The molecule has 0 radical (unpaired) electrons. The maximum Gasteiger partial charge on any atom is 0.243 e. The highest BCUT2D eigenvalue weighted by Crippen LogP contribution is 2.12. The van der Waals surface area contributed by atoms with Crippen molar-refractivity contribution >= 4 is 17.5 Å². The van der Waals surface area contributed by atoms with E-state index in [9.17, 15) is 4.79 Å². The van der Waals surface area contributed by atoms with Crippen LogP contribution in [-0.2, 0) is 11.3 Å². The molecule has 2 rings (SSSR count). The predicted molar refractivity (Wildman–Crippen MR) is 63.5 cm³/mol. The fourth-order valence-corrected chi connectivity index (χ4v) is 1.26. The predicted octanol–water partition coefficient (Wildman–Crippen LogP) is 0.802. The van der Waals surface area contributed by atoms with E-state index >= 15 is 0 Å². The van der Waals surface area contributed by atoms with Crippen molar-refractivity contribution in [2.24, 2.45) is 0 Å². The Morgan fingerprint density at radius 2 is 2.44 bits per heavy atom. The van der Waals surface area contributed by atoms with Crippen LogP contribution in [0.5, 0.6) is 0 Å². The molecule has 0 fully saturated rings. The topological polar surface area (TPSA) is 85.8 Å². The monoisotopic (exact) mass is 267 g/mol. The lowest BCUT2D eigenvalue weighted by atomic mass is 10.4. The minimum absolute atomic E-state index is 0.0438. The van der Waals surface area contributed by atoms with Gasteiger partial charge in [0.05, 0.1) is 12.8 Å². The molecular weight excluding hydrogens is 258 g/mol. The van der Waals surface area contributed by atoms with Crippen molar-refractivity contribution in [3.63, 3.8) is 0 Å². The Bertz CT molecular complexity index is 548. The number of carbonyl (C=O) groups excluding carboxylic acids is 1. The van der Waals surface area contributed by atoms with Gasteiger partial charge in [-0.25, -0.2) is 0 Å². The SMILES string of the molecule is C=C(Cl)CNC(=O)Cn1nnc(-c2ccco2)n1. The lowest BCUT2D eigenvalue weighted by molar-refractivity contribution is -0.121. The van der Waals surface area contributed by atoms with Crippen molar-refractivity contribution in [3.8, 4) is 11.6 Å². The van der Waals surface area contributed by atoms with E-state index in [-0.39, 0.29) is 19.0 Å². The number of tetrazole rings is 1. The molecule has 0 aliphatic rings. The summed E-state index contributed by atoms with van der Waals surface area (Å²) in [5.41, 5.74) is 0. The van der Waals surface area contributed by atoms with Crippen LogP contribution in [0.15, 0.2) is 34.4 Å². The van der Waals surface area contributed by atoms with Gasteiger partial charge in [0.1, 0.15) is 6.54 Å². The second-order valence-electron chi connectivity index (χ2n) is 3.41. The molecule has 2 heterocycles. The average Bonchev–Trinajstić information content (AvgIpc) is 2.95. The molecule has 2 aromatic rings. The van der Waals surface area contributed by atoms with E-state index in [2.05, 4.69) is 27.3 Å². The quantitative estimate of drug-likeness (QED) is 0.866. The number of halogens is 1. The van der Waals surface area contributed by atoms with Crippen LogP contribution in [0, 0.1) is 0 Å². The molecule has 0 aromatic carbocycles. The van der Waals surface area contributed by atoms with E-state index in [4.69, 9.17) is 16.0 Å². The number of amides is 1. The number of nitrogens with zero attached hydrogens (tertiary/aromatic N) is 4. The van der Waals surface area contributed by atoms with Crippen molar-refractivity contribution in [3.05, 3.63) is 30.0 Å². The molecule has 0 saturated carbocycles. The van der Waals surface area contributed by atoms with Gasteiger partial charge in [-0.15, -0.1) is 10.2 Å². The number of aromatic nitrogens is 4. The summed E-state index contributed by atoms with van der Waals surface area (Å²) in [6.07, 6.45) is 1.51. The van der Waals surface area contributed by atoms with E-state index in [1.807, 2.05) is 0 Å². The highest BCUT2D eigenvalue weighted by atomic mass is 35.5. The Morgan fingerprint density at radius 1 is 1.61 bits per heavy atom. The molecule has 94 valence electrons. The zero-order chi connectivity index (χ0) is 13.0. The van der Waals surface area contributed by atoms with Gasteiger partial charge in [0.25, 0.3) is 0 Å². The Balaban J connectivity index is 1.95. The van der Waals surface area contributed by atoms with Crippen molar-refractivity contribution in [1.29, 1.82) is 0 Å². The van der Waals surface area contributed by atoms with Crippen LogP contribution < -0.4 is 5.32 Å². The number of hydrogen-bond donors (Lipinski definition) is 1. The molecule has 1 amide bonds. The van der Waals surface area contributed by atoms with Gasteiger partial charge < -0.3 is 9.73 Å². The molecule has 7 nitrogen and oxygen atoms in total. The molecule has 0 atom stereocenters. The number of nitrogens with one attached hydrogen (secondary N) is 1. The van der Waals surface area contributed by atoms with Crippen LogP contribution in [0.4, 0.5) is 0 Å². The van der Waals surface area contributed by atoms with Crippen molar-refractivity contribution < 1.29 is 9.21 Å². The maximum absolute atomic E-state index is 11.4. The first-order valence-electron chi connectivity index (χ1n) is 5.07. The smallest absolute Gasteiger partial charge is 0.243 e. The van der Waals surface area contributed by atoms with Gasteiger partial charge >= 0.3 is 0 Å². The van der Waals surface area contributed by atoms with E-state index in [0.717, 1.165) is 0 Å². The third-order valence-electron chi connectivity index (χ3n) is 1.96.